The third-order valence-corrected chi connectivity index (χ3v) is 5.34. The highest BCUT2D eigenvalue weighted by Crippen LogP contribution is 2.24. The van der Waals surface area contributed by atoms with Crippen LogP contribution in [0.3, 0.4) is 0 Å². The van der Waals surface area contributed by atoms with Crippen LogP contribution in [0.5, 0.6) is 0 Å². The summed E-state index contributed by atoms with van der Waals surface area (Å²) < 4.78 is 45.8. The van der Waals surface area contributed by atoms with Crippen molar-refractivity contribution in [1.82, 2.24) is 10.1 Å². The predicted octanol–water partition coefficient (Wildman–Crippen LogP) is 4.34. The lowest BCUT2D eigenvalue weighted by Gasteiger charge is -2.08. The first-order valence-corrected chi connectivity index (χ1v) is 9.77. The van der Waals surface area contributed by atoms with Gasteiger partial charge in [-0.1, -0.05) is 29.4 Å². The van der Waals surface area contributed by atoms with Gasteiger partial charge in [-0.2, -0.15) is 4.98 Å². The highest BCUT2D eigenvalue weighted by Gasteiger charge is 2.14. The largest absolute Gasteiger partial charge is 0.334 e. The van der Waals surface area contributed by atoms with Gasteiger partial charge in [0.05, 0.1) is 4.90 Å². The molecule has 0 unspecified atom stereocenters. The summed E-state index contributed by atoms with van der Waals surface area (Å²) in [6, 6.07) is 20.5. The maximum absolute atomic E-state index is 13.3. The SMILES string of the molecule is O=S(=O)(Nc1ccc(-c2noc(-c3cccc(F)c3)n2)cc1)c1ccccc1. The lowest BCUT2D eigenvalue weighted by molar-refractivity contribution is 0.432. The summed E-state index contributed by atoms with van der Waals surface area (Å²) in [5, 5.41) is 3.90. The first-order valence-electron chi connectivity index (χ1n) is 8.29. The second kappa shape index (κ2) is 7.24. The molecular weight excluding hydrogens is 381 g/mol. The van der Waals surface area contributed by atoms with E-state index in [2.05, 4.69) is 14.9 Å². The van der Waals surface area contributed by atoms with Crippen molar-refractivity contribution < 1.29 is 17.3 Å². The van der Waals surface area contributed by atoms with Crippen molar-refractivity contribution in [3.63, 3.8) is 0 Å². The summed E-state index contributed by atoms with van der Waals surface area (Å²) >= 11 is 0. The lowest BCUT2D eigenvalue weighted by atomic mass is 10.2. The fraction of sp³-hybridized carbons (Fsp3) is 0. The summed E-state index contributed by atoms with van der Waals surface area (Å²) in [7, 11) is -3.66. The molecule has 0 radical (unpaired) electrons. The van der Waals surface area contributed by atoms with Crippen LogP contribution in [0.1, 0.15) is 0 Å². The highest BCUT2D eigenvalue weighted by molar-refractivity contribution is 7.92. The number of anilines is 1. The van der Waals surface area contributed by atoms with Crippen LogP contribution in [0.25, 0.3) is 22.8 Å². The molecule has 1 aromatic heterocycles. The van der Waals surface area contributed by atoms with Crippen LogP contribution in [0.15, 0.2) is 88.3 Å². The van der Waals surface area contributed by atoms with Crippen molar-refractivity contribution >= 4 is 15.7 Å². The molecule has 0 fully saturated rings. The molecule has 0 saturated carbocycles. The number of benzene rings is 3. The van der Waals surface area contributed by atoms with E-state index in [1.54, 1.807) is 54.6 Å². The Hall–Kier alpha value is -3.52. The molecule has 0 aliphatic rings. The van der Waals surface area contributed by atoms with Crippen LogP contribution in [0.2, 0.25) is 0 Å². The normalized spacial score (nSPS) is 11.3. The number of aromatic nitrogens is 2. The van der Waals surface area contributed by atoms with Gasteiger partial charge in [-0.15, -0.1) is 0 Å². The predicted molar refractivity (Wildman–Crippen MR) is 102 cm³/mol. The Balaban J connectivity index is 1.54. The molecule has 0 atom stereocenters. The molecule has 1 N–H and O–H groups in total. The summed E-state index contributed by atoms with van der Waals surface area (Å²) in [4.78, 5) is 4.44. The summed E-state index contributed by atoms with van der Waals surface area (Å²) in [5.41, 5.74) is 1.52. The van der Waals surface area contributed by atoms with E-state index in [4.69, 9.17) is 4.52 Å². The minimum atomic E-state index is -3.66. The topological polar surface area (TPSA) is 85.1 Å². The van der Waals surface area contributed by atoms with E-state index in [1.807, 2.05) is 0 Å². The zero-order valence-electron chi connectivity index (χ0n) is 14.4. The molecule has 4 rings (SSSR count). The van der Waals surface area contributed by atoms with Crippen LogP contribution >= 0.6 is 0 Å². The van der Waals surface area contributed by atoms with Crippen LogP contribution in [0, 0.1) is 5.82 Å². The third-order valence-electron chi connectivity index (χ3n) is 3.95. The number of sulfonamides is 1. The second-order valence-corrected chi connectivity index (χ2v) is 7.61. The summed E-state index contributed by atoms with van der Waals surface area (Å²) in [6.45, 7) is 0. The van der Waals surface area contributed by atoms with Gasteiger partial charge in [0.25, 0.3) is 15.9 Å². The van der Waals surface area contributed by atoms with Gasteiger partial charge in [-0.3, -0.25) is 4.72 Å². The Morgan fingerprint density at radius 3 is 2.32 bits per heavy atom. The molecule has 0 amide bonds. The molecule has 1 heterocycles. The molecule has 8 heteroatoms. The highest BCUT2D eigenvalue weighted by atomic mass is 32.2. The second-order valence-electron chi connectivity index (χ2n) is 5.93. The quantitative estimate of drug-likeness (QED) is 0.543. The standard InChI is InChI=1S/C20H14FN3O3S/c21-16-6-4-5-15(13-16)20-22-19(23-27-20)14-9-11-17(12-10-14)24-28(25,26)18-7-2-1-3-8-18/h1-13,24H. The number of nitrogens with one attached hydrogen (secondary N) is 1. The minimum Gasteiger partial charge on any atom is -0.334 e. The minimum absolute atomic E-state index is 0.178. The van der Waals surface area contributed by atoms with Gasteiger partial charge in [0.2, 0.25) is 5.82 Å². The van der Waals surface area contributed by atoms with Crippen LogP contribution in [0.4, 0.5) is 10.1 Å². The van der Waals surface area contributed by atoms with Gasteiger partial charge >= 0.3 is 0 Å². The maximum Gasteiger partial charge on any atom is 0.261 e. The van der Waals surface area contributed by atoms with Crippen LogP contribution < -0.4 is 4.72 Å². The van der Waals surface area contributed by atoms with E-state index in [-0.39, 0.29) is 10.8 Å². The van der Waals surface area contributed by atoms with E-state index in [9.17, 15) is 12.8 Å². The Bertz CT molecular complexity index is 1210. The molecule has 28 heavy (non-hydrogen) atoms. The van der Waals surface area contributed by atoms with Crippen molar-refractivity contribution in [2.75, 3.05) is 4.72 Å². The van der Waals surface area contributed by atoms with Gasteiger partial charge in [0, 0.05) is 16.8 Å². The van der Waals surface area contributed by atoms with E-state index in [0.717, 1.165) is 0 Å². The molecule has 0 saturated heterocycles. The average molecular weight is 395 g/mol. The van der Waals surface area contributed by atoms with Crippen molar-refractivity contribution in [2.24, 2.45) is 0 Å². The van der Waals surface area contributed by atoms with Gasteiger partial charge < -0.3 is 4.52 Å². The molecule has 6 nitrogen and oxygen atoms in total. The Kier molecular flexibility index (Phi) is 4.62. The van der Waals surface area contributed by atoms with Crippen LogP contribution in [-0.2, 0) is 10.0 Å². The smallest absolute Gasteiger partial charge is 0.261 e. The average Bonchev–Trinajstić information content (AvgIpc) is 3.19. The molecular formula is C20H14FN3O3S. The molecule has 0 aliphatic heterocycles. The van der Waals surface area contributed by atoms with Gasteiger partial charge in [0.15, 0.2) is 0 Å². The Morgan fingerprint density at radius 1 is 0.857 bits per heavy atom. The van der Waals surface area contributed by atoms with Crippen molar-refractivity contribution in [3.05, 3.63) is 84.7 Å². The maximum atomic E-state index is 13.3. The van der Waals surface area contributed by atoms with Crippen LogP contribution in [-0.4, -0.2) is 18.6 Å². The van der Waals surface area contributed by atoms with E-state index < -0.39 is 15.8 Å². The molecule has 0 aliphatic carbocycles. The molecule has 140 valence electrons. The summed E-state index contributed by atoms with van der Waals surface area (Å²) in [6.07, 6.45) is 0. The number of rotatable bonds is 5. The number of hydrogen-bond donors (Lipinski definition) is 1. The summed E-state index contributed by atoms with van der Waals surface area (Å²) in [5.74, 6) is 0.118. The van der Waals surface area contributed by atoms with Gasteiger partial charge in [0.1, 0.15) is 5.82 Å². The van der Waals surface area contributed by atoms with E-state index in [1.165, 1.54) is 24.3 Å². The van der Waals surface area contributed by atoms with Crippen molar-refractivity contribution in [3.8, 4) is 22.8 Å². The molecule has 4 aromatic rings. The van der Waals surface area contributed by atoms with E-state index in [0.29, 0.717) is 22.6 Å². The number of nitrogens with zero attached hydrogens (tertiary/aromatic N) is 2. The zero-order valence-corrected chi connectivity index (χ0v) is 15.2. The molecule has 0 bridgehead atoms. The molecule has 0 spiro atoms. The fourth-order valence-electron chi connectivity index (χ4n) is 2.58. The van der Waals surface area contributed by atoms with Crippen molar-refractivity contribution in [2.45, 2.75) is 4.90 Å². The number of hydrogen-bond acceptors (Lipinski definition) is 5. The van der Waals surface area contributed by atoms with Gasteiger partial charge in [-0.25, -0.2) is 12.8 Å². The van der Waals surface area contributed by atoms with Crippen molar-refractivity contribution in [1.29, 1.82) is 0 Å². The zero-order chi connectivity index (χ0) is 19.6. The first-order chi connectivity index (χ1) is 13.5. The Morgan fingerprint density at radius 2 is 1.61 bits per heavy atom. The monoisotopic (exact) mass is 395 g/mol. The van der Waals surface area contributed by atoms with Gasteiger partial charge in [-0.05, 0) is 54.6 Å². The fourth-order valence-corrected chi connectivity index (χ4v) is 3.66. The molecule has 3 aromatic carbocycles. The first kappa shape index (κ1) is 17.9. The third kappa shape index (κ3) is 3.77. The number of halogens is 1. The van der Waals surface area contributed by atoms with E-state index >= 15 is 0 Å². The Labute approximate surface area is 160 Å². The lowest BCUT2D eigenvalue weighted by Crippen LogP contribution is -2.12.